The van der Waals surface area contributed by atoms with Crippen molar-refractivity contribution in [1.82, 2.24) is 9.55 Å². The Balaban J connectivity index is 1.53. The summed E-state index contributed by atoms with van der Waals surface area (Å²) in [5.74, 6) is 1.27. The molecule has 0 unspecified atom stereocenters. The molecule has 4 aromatic rings. The Morgan fingerprint density at radius 3 is 2.47 bits per heavy atom. The molecule has 3 heteroatoms. The van der Waals surface area contributed by atoms with E-state index in [0.29, 0.717) is 12.3 Å². The molecule has 1 aromatic heterocycles. The second kappa shape index (κ2) is 7.83. The molecule has 1 aliphatic carbocycles. The number of aryl methyl sites for hydroxylation is 1. The number of aromatic nitrogens is 2. The van der Waals surface area contributed by atoms with Crippen molar-refractivity contribution in [3.8, 4) is 16.9 Å². The van der Waals surface area contributed by atoms with Gasteiger partial charge >= 0.3 is 0 Å². The lowest BCUT2D eigenvalue weighted by molar-refractivity contribution is 0.466. The van der Waals surface area contributed by atoms with Crippen LogP contribution in [0, 0.1) is 6.92 Å². The van der Waals surface area contributed by atoms with Crippen LogP contribution in [0.4, 0.5) is 0 Å². The number of nitrogens with zero attached hydrogens (tertiary/aromatic N) is 2. The molecule has 0 aliphatic heterocycles. The van der Waals surface area contributed by atoms with Gasteiger partial charge in [-0.25, -0.2) is 4.98 Å². The predicted molar refractivity (Wildman–Crippen MR) is 124 cm³/mol. The number of fused-ring (bicyclic) bond motifs is 1. The summed E-state index contributed by atoms with van der Waals surface area (Å²) in [7, 11) is 0. The van der Waals surface area contributed by atoms with Crippen molar-refractivity contribution in [3.05, 3.63) is 89.8 Å². The van der Waals surface area contributed by atoms with E-state index in [0.717, 1.165) is 28.0 Å². The van der Waals surface area contributed by atoms with E-state index in [4.69, 9.17) is 4.98 Å². The van der Waals surface area contributed by atoms with Crippen molar-refractivity contribution in [2.45, 2.75) is 39.2 Å². The van der Waals surface area contributed by atoms with E-state index in [2.05, 4.69) is 53.1 Å². The van der Waals surface area contributed by atoms with Gasteiger partial charge in [-0.2, -0.15) is 0 Å². The standard InChI is InChI=1S/C27H26N2O/c1-19-28-27-24(22-16-14-21(15-17-22)20-8-3-2-4-9-20)11-7-12-25(27)29(19)18-23-10-5-6-13-26(23)30/h5-8,10-17,30H,2-4,9,18H2,1H3. The molecule has 30 heavy (non-hydrogen) atoms. The molecule has 3 aromatic carbocycles. The lowest BCUT2D eigenvalue weighted by atomic mass is 9.92. The largest absolute Gasteiger partial charge is 0.508 e. The summed E-state index contributed by atoms with van der Waals surface area (Å²) in [6, 6.07) is 22.8. The van der Waals surface area contributed by atoms with Gasteiger partial charge in [0.25, 0.3) is 0 Å². The Hall–Kier alpha value is -3.33. The van der Waals surface area contributed by atoms with Crippen molar-refractivity contribution in [1.29, 1.82) is 0 Å². The van der Waals surface area contributed by atoms with Crippen LogP contribution in [0.15, 0.2) is 72.8 Å². The quantitative estimate of drug-likeness (QED) is 0.417. The highest BCUT2D eigenvalue weighted by Gasteiger charge is 2.14. The zero-order valence-corrected chi connectivity index (χ0v) is 17.3. The number of allylic oxidation sites excluding steroid dienone is 2. The number of phenolic OH excluding ortho intramolecular Hbond substituents is 1. The van der Waals surface area contributed by atoms with Crippen LogP contribution in [0.2, 0.25) is 0 Å². The number of aromatic hydroxyl groups is 1. The first-order valence-corrected chi connectivity index (χ1v) is 10.7. The molecule has 0 amide bonds. The maximum atomic E-state index is 10.2. The van der Waals surface area contributed by atoms with Gasteiger partial charge in [-0.05, 0) is 61.4 Å². The smallest absolute Gasteiger partial charge is 0.120 e. The zero-order valence-electron chi connectivity index (χ0n) is 17.3. The fourth-order valence-corrected chi connectivity index (χ4v) is 4.47. The van der Waals surface area contributed by atoms with E-state index in [-0.39, 0.29) is 0 Å². The summed E-state index contributed by atoms with van der Waals surface area (Å²) < 4.78 is 2.18. The second-order valence-corrected chi connectivity index (χ2v) is 8.10. The van der Waals surface area contributed by atoms with Crippen LogP contribution in [0.3, 0.4) is 0 Å². The van der Waals surface area contributed by atoms with Gasteiger partial charge in [0.1, 0.15) is 11.6 Å². The van der Waals surface area contributed by atoms with Gasteiger partial charge in [0, 0.05) is 11.1 Å². The number of hydrogen-bond acceptors (Lipinski definition) is 2. The maximum Gasteiger partial charge on any atom is 0.120 e. The second-order valence-electron chi connectivity index (χ2n) is 8.10. The van der Waals surface area contributed by atoms with Crippen LogP contribution in [0.1, 0.15) is 42.6 Å². The molecule has 0 fully saturated rings. The molecule has 5 rings (SSSR count). The molecule has 1 heterocycles. The van der Waals surface area contributed by atoms with E-state index in [1.54, 1.807) is 6.07 Å². The fourth-order valence-electron chi connectivity index (χ4n) is 4.47. The molecule has 1 N–H and O–H groups in total. The highest BCUT2D eigenvalue weighted by atomic mass is 16.3. The van der Waals surface area contributed by atoms with Crippen molar-refractivity contribution in [3.63, 3.8) is 0 Å². The van der Waals surface area contributed by atoms with Crippen molar-refractivity contribution in [2.75, 3.05) is 0 Å². The molecule has 0 spiro atoms. The van der Waals surface area contributed by atoms with Crippen LogP contribution in [0.5, 0.6) is 5.75 Å². The third-order valence-corrected chi connectivity index (χ3v) is 6.15. The average molecular weight is 395 g/mol. The molecule has 0 saturated carbocycles. The Bertz CT molecular complexity index is 1230. The number of imidazole rings is 1. The lowest BCUT2D eigenvalue weighted by Gasteiger charge is -2.13. The van der Waals surface area contributed by atoms with Gasteiger partial charge in [0.05, 0.1) is 17.6 Å². The molecule has 1 aliphatic rings. The molecule has 0 saturated heterocycles. The monoisotopic (exact) mass is 394 g/mol. The molecule has 0 radical (unpaired) electrons. The van der Waals surface area contributed by atoms with E-state index < -0.39 is 0 Å². The lowest BCUT2D eigenvalue weighted by Crippen LogP contribution is -2.02. The van der Waals surface area contributed by atoms with Gasteiger partial charge in [-0.1, -0.05) is 60.7 Å². The average Bonchev–Trinajstić information content (AvgIpc) is 3.11. The minimum Gasteiger partial charge on any atom is -0.508 e. The van der Waals surface area contributed by atoms with Crippen LogP contribution in [0.25, 0.3) is 27.7 Å². The highest BCUT2D eigenvalue weighted by molar-refractivity contribution is 5.92. The minimum atomic E-state index is 0.322. The molecule has 0 atom stereocenters. The summed E-state index contributed by atoms with van der Waals surface area (Å²) in [6.07, 6.45) is 7.38. The molecular weight excluding hydrogens is 368 g/mol. The fraction of sp³-hybridized carbons (Fsp3) is 0.222. The van der Waals surface area contributed by atoms with E-state index in [1.807, 2.05) is 25.1 Å². The Kier molecular flexibility index (Phi) is 4.88. The van der Waals surface area contributed by atoms with Crippen LogP contribution in [-0.2, 0) is 6.54 Å². The van der Waals surface area contributed by atoms with Crippen LogP contribution in [-0.4, -0.2) is 14.7 Å². The van der Waals surface area contributed by atoms with Crippen molar-refractivity contribution < 1.29 is 5.11 Å². The van der Waals surface area contributed by atoms with E-state index in [1.165, 1.54) is 42.4 Å². The topological polar surface area (TPSA) is 38.0 Å². The number of rotatable bonds is 4. The first-order chi connectivity index (χ1) is 14.7. The van der Waals surface area contributed by atoms with Gasteiger partial charge < -0.3 is 9.67 Å². The van der Waals surface area contributed by atoms with Gasteiger partial charge in [0.2, 0.25) is 0 Å². The summed E-state index contributed by atoms with van der Waals surface area (Å²) in [5.41, 5.74) is 8.15. The molecule has 3 nitrogen and oxygen atoms in total. The highest BCUT2D eigenvalue weighted by Crippen LogP contribution is 2.32. The van der Waals surface area contributed by atoms with Gasteiger partial charge in [-0.3, -0.25) is 0 Å². The first kappa shape index (κ1) is 18.7. The van der Waals surface area contributed by atoms with Gasteiger partial charge in [-0.15, -0.1) is 0 Å². The molecule has 150 valence electrons. The van der Waals surface area contributed by atoms with Crippen LogP contribution < -0.4 is 0 Å². The predicted octanol–water partition coefficient (Wildman–Crippen LogP) is 6.72. The Morgan fingerprint density at radius 1 is 0.900 bits per heavy atom. The number of benzene rings is 3. The maximum absolute atomic E-state index is 10.2. The number of hydrogen-bond donors (Lipinski definition) is 1. The molecule has 0 bridgehead atoms. The normalized spacial score (nSPS) is 14.1. The van der Waals surface area contributed by atoms with Crippen molar-refractivity contribution >= 4 is 16.6 Å². The van der Waals surface area contributed by atoms with Crippen molar-refractivity contribution in [2.24, 2.45) is 0 Å². The van der Waals surface area contributed by atoms with Crippen LogP contribution >= 0.6 is 0 Å². The third-order valence-electron chi connectivity index (χ3n) is 6.15. The Labute approximate surface area is 177 Å². The summed E-state index contributed by atoms with van der Waals surface area (Å²) >= 11 is 0. The zero-order chi connectivity index (χ0) is 20.5. The number of phenols is 1. The first-order valence-electron chi connectivity index (χ1n) is 10.7. The third kappa shape index (κ3) is 3.41. The van der Waals surface area contributed by atoms with Gasteiger partial charge in [0.15, 0.2) is 0 Å². The summed E-state index contributed by atoms with van der Waals surface area (Å²) in [4.78, 5) is 4.90. The van der Waals surface area contributed by atoms with E-state index in [9.17, 15) is 5.11 Å². The SMILES string of the molecule is Cc1nc2c(-c3ccc(C4=CCCCC4)cc3)cccc2n1Cc1ccccc1O. The Morgan fingerprint density at radius 2 is 1.70 bits per heavy atom. The summed E-state index contributed by atoms with van der Waals surface area (Å²) in [5, 5.41) is 10.2. The molecular formula is C27H26N2O. The van der Waals surface area contributed by atoms with E-state index >= 15 is 0 Å². The summed E-state index contributed by atoms with van der Waals surface area (Å²) in [6.45, 7) is 2.63. The minimum absolute atomic E-state index is 0.322. The number of para-hydroxylation sites is 2.